The molecule has 144 valence electrons. The largest absolute Gasteiger partial charge is 0.284 e. The first-order valence-corrected chi connectivity index (χ1v) is 11.4. The van der Waals surface area contributed by atoms with Gasteiger partial charge in [0.15, 0.2) is 10.3 Å². The molecule has 27 heavy (non-hydrogen) atoms. The average Bonchev–Trinajstić information content (AvgIpc) is 3.08. The lowest BCUT2D eigenvalue weighted by Gasteiger charge is -2.18. The van der Waals surface area contributed by atoms with Crippen molar-refractivity contribution >= 4 is 34.1 Å². The summed E-state index contributed by atoms with van der Waals surface area (Å²) in [6, 6.07) is 0. The van der Waals surface area contributed by atoms with E-state index in [-0.39, 0.29) is 5.91 Å². The highest BCUT2D eigenvalue weighted by Crippen LogP contribution is 2.32. The summed E-state index contributed by atoms with van der Waals surface area (Å²) in [4.78, 5) is 29.9. The summed E-state index contributed by atoms with van der Waals surface area (Å²) in [5, 5.41) is 1.59. The third-order valence-electron chi connectivity index (χ3n) is 4.85. The standard InChI is InChI=1S/C20H26N4OS2/c1-5-12-24(20-23-16-8-6-7-9-17(16)27-20)18(25)11-10-15-13(2)21-19(26-4)22-14(15)3/h5H,1,6-12H2,2-4H3. The van der Waals surface area contributed by atoms with Crippen LogP contribution in [0, 0.1) is 13.8 Å². The lowest BCUT2D eigenvalue weighted by molar-refractivity contribution is -0.118. The van der Waals surface area contributed by atoms with Gasteiger partial charge in [0.2, 0.25) is 5.91 Å². The van der Waals surface area contributed by atoms with Gasteiger partial charge in [-0.1, -0.05) is 17.8 Å². The van der Waals surface area contributed by atoms with Crippen LogP contribution in [-0.2, 0) is 24.1 Å². The molecule has 2 aromatic heterocycles. The SMILES string of the molecule is C=CCN(C(=O)CCc1c(C)nc(SC)nc1C)c1nc2c(s1)CCCC2. The molecule has 0 saturated heterocycles. The number of thiazole rings is 1. The van der Waals surface area contributed by atoms with Crippen LogP contribution in [0.3, 0.4) is 0 Å². The first kappa shape index (κ1) is 20.0. The maximum atomic E-state index is 13.0. The highest BCUT2D eigenvalue weighted by molar-refractivity contribution is 7.98. The van der Waals surface area contributed by atoms with Crippen LogP contribution in [0.15, 0.2) is 17.8 Å². The van der Waals surface area contributed by atoms with Crippen LogP contribution in [-0.4, -0.2) is 33.7 Å². The molecule has 7 heteroatoms. The van der Waals surface area contributed by atoms with Crippen molar-refractivity contribution in [1.82, 2.24) is 15.0 Å². The van der Waals surface area contributed by atoms with Crippen LogP contribution in [0.5, 0.6) is 0 Å². The lowest BCUT2D eigenvalue weighted by atomic mass is 10.0. The van der Waals surface area contributed by atoms with E-state index in [9.17, 15) is 4.79 Å². The number of amides is 1. The quantitative estimate of drug-likeness (QED) is 0.392. The minimum absolute atomic E-state index is 0.0775. The van der Waals surface area contributed by atoms with Gasteiger partial charge >= 0.3 is 0 Å². The highest BCUT2D eigenvalue weighted by atomic mass is 32.2. The number of hydrogen-bond donors (Lipinski definition) is 0. The molecule has 1 aliphatic carbocycles. The summed E-state index contributed by atoms with van der Waals surface area (Å²) < 4.78 is 0. The Hall–Kier alpha value is -1.73. The minimum atomic E-state index is 0.0775. The van der Waals surface area contributed by atoms with Gasteiger partial charge in [0.1, 0.15) is 0 Å². The Morgan fingerprint density at radius 1 is 1.22 bits per heavy atom. The van der Waals surface area contributed by atoms with Crippen molar-refractivity contribution in [3.8, 4) is 0 Å². The summed E-state index contributed by atoms with van der Waals surface area (Å²) in [5.74, 6) is 0.0775. The summed E-state index contributed by atoms with van der Waals surface area (Å²) in [7, 11) is 0. The van der Waals surface area contributed by atoms with E-state index in [2.05, 4.69) is 16.5 Å². The molecule has 0 saturated carbocycles. The van der Waals surface area contributed by atoms with Crippen LogP contribution in [0.25, 0.3) is 0 Å². The van der Waals surface area contributed by atoms with E-state index in [0.29, 0.717) is 19.4 Å². The number of thioether (sulfide) groups is 1. The second kappa shape index (κ2) is 8.97. The van der Waals surface area contributed by atoms with E-state index in [0.717, 1.165) is 40.1 Å². The predicted octanol–water partition coefficient (Wildman–Crippen LogP) is 4.30. The van der Waals surface area contributed by atoms with Gasteiger partial charge in [0.05, 0.1) is 5.69 Å². The van der Waals surface area contributed by atoms with Crippen LogP contribution in [0.2, 0.25) is 0 Å². The van der Waals surface area contributed by atoms with Crippen molar-refractivity contribution in [2.45, 2.75) is 57.5 Å². The fourth-order valence-corrected chi connectivity index (χ4v) is 5.03. The molecule has 5 nitrogen and oxygen atoms in total. The Morgan fingerprint density at radius 2 is 1.93 bits per heavy atom. The maximum Gasteiger partial charge on any atom is 0.229 e. The average molecular weight is 403 g/mol. The molecule has 2 aromatic rings. The Morgan fingerprint density at radius 3 is 2.56 bits per heavy atom. The van der Waals surface area contributed by atoms with Crippen LogP contribution >= 0.6 is 23.1 Å². The Bertz CT molecular complexity index is 800. The minimum Gasteiger partial charge on any atom is -0.284 e. The smallest absolute Gasteiger partial charge is 0.229 e. The van der Waals surface area contributed by atoms with Crippen molar-refractivity contribution in [3.63, 3.8) is 0 Å². The first-order chi connectivity index (χ1) is 13.0. The number of aryl methyl sites for hydroxylation is 4. The molecule has 1 aliphatic rings. The van der Waals surface area contributed by atoms with E-state index in [1.54, 1.807) is 22.3 Å². The molecular formula is C20H26N4OS2. The van der Waals surface area contributed by atoms with Crippen molar-refractivity contribution in [1.29, 1.82) is 0 Å². The molecule has 0 N–H and O–H groups in total. The van der Waals surface area contributed by atoms with Crippen molar-refractivity contribution < 1.29 is 4.79 Å². The number of aromatic nitrogens is 3. The number of carbonyl (C=O) groups excluding carboxylic acids is 1. The molecule has 0 bridgehead atoms. The number of fused-ring (bicyclic) bond motifs is 1. The first-order valence-electron chi connectivity index (χ1n) is 9.31. The molecule has 0 aromatic carbocycles. The fraction of sp³-hybridized carbons (Fsp3) is 0.500. The van der Waals surface area contributed by atoms with Gasteiger partial charge in [-0.3, -0.25) is 9.69 Å². The molecule has 0 spiro atoms. The highest BCUT2D eigenvalue weighted by Gasteiger charge is 2.22. The van der Waals surface area contributed by atoms with E-state index >= 15 is 0 Å². The van der Waals surface area contributed by atoms with Crippen LogP contribution in [0.4, 0.5) is 5.13 Å². The molecular weight excluding hydrogens is 376 g/mol. The van der Waals surface area contributed by atoms with E-state index in [1.807, 2.05) is 20.1 Å². The molecule has 2 heterocycles. The van der Waals surface area contributed by atoms with Crippen molar-refractivity contribution in [2.24, 2.45) is 0 Å². The molecule has 0 aliphatic heterocycles. The lowest BCUT2D eigenvalue weighted by Crippen LogP contribution is -2.31. The number of anilines is 1. The summed E-state index contributed by atoms with van der Waals surface area (Å²) in [6.45, 7) is 8.29. The van der Waals surface area contributed by atoms with E-state index < -0.39 is 0 Å². The number of rotatable bonds is 7. The third kappa shape index (κ3) is 4.58. The van der Waals surface area contributed by atoms with Crippen molar-refractivity contribution in [3.05, 3.63) is 40.2 Å². The third-order valence-corrected chi connectivity index (χ3v) is 6.58. The number of hydrogen-bond acceptors (Lipinski definition) is 6. The van der Waals surface area contributed by atoms with Gasteiger partial charge in [-0.05, 0) is 57.8 Å². The second-order valence-corrected chi connectivity index (χ2v) is 8.56. The summed E-state index contributed by atoms with van der Waals surface area (Å²) >= 11 is 3.20. The zero-order chi connectivity index (χ0) is 19.4. The zero-order valence-corrected chi connectivity index (χ0v) is 17.9. The molecule has 3 rings (SSSR count). The maximum absolute atomic E-state index is 13.0. The zero-order valence-electron chi connectivity index (χ0n) is 16.2. The second-order valence-electron chi connectivity index (χ2n) is 6.73. The Labute approximate surface area is 169 Å². The van der Waals surface area contributed by atoms with E-state index in [1.165, 1.54) is 35.2 Å². The van der Waals surface area contributed by atoms with Gasteiger partial charge in [-0.25, -0.2) is 15.0 Å². The Kier molecular flexibility index (Phi) is 6.65. The Balaban J connectivity index is 1.74. The molecule has 1 amide bonds. The van der Waals surface area contributed by atoms with Crippen LogP contribution in [0.1, 0.15) is 46.8 Å². The summed E-state index contributed by atoms with van der Waals surface area (Å²) in [5.41, 5.74) is 4.16. The van der Waals surface area contributed by atoms with Gasteiger partial charge in [-0.2, -0.15) is 0 Å². The van der Waals surface area contributed by atoms with Gasteiger partial charge in [-0.15, -0.1) is 17.9 Å². The van der Waals surface area contributed by atoms with Crippen molar-refractivity contribution in [2.75, 3.05) is 17.7 Å². The fourth-order valence-electron chi connectivity index (χ4n) is 3.40. The van der Waals surface area contributed by atoms with E-state index in [4.69, 9.17) is 4.98 Å². The molecule has 0 fully saturated rings. The predicted molar refractivity (Wildman–Crippen MR) is 113 cm³/mol. The normalized spacial score (nSPS) is 13.3. The molecule has 0 unspecified atom stereocenters. The van der Waals surface area contributed by atoms with Crippen LogP contribution < -0.4 is 4.90 Å². The molecule has 0 atom stereocenters. The monoisotopic (exact) mass is 402 g/mol. The number of carbonyl (C=O) groups is 1. The molecule has 0 radical (unpaired) electrons. The number of nitrogens with zero attached hydrogens (tertiary/aromatic N) is 4. The topological polar surface area (TPSA) is 59.0 Å². The van der Waals surface area contributed by atoms with Gasteiger partial charge in [0.25, 0.3) is 0 Å². The summed E-state index contributed by atoms with van der Waals surface area (Å²) in [6.07, 6.45) is 9.32. The van der Waals surface area contributed by atoms with Gasteiger partial charge in [0, 0.05) is 29.2 Å². The van der Waals surface area contributed by atoms with Gasteiger partial charge < -0.3 is 0 Å².